The van der Waals surface area contributed by atoms with Crippen LogP contribution >= 0.6 is 0 Å². The van der Waals surface area contributed by atoms with E-state index in [4.69, 9.17) is 37.3 Å². The first-order chi connectivity index (χ1) is 19.8. The molecule has 2 aromatic heterocycles. The van der Waals surface area contributed by atoms with E-state index in [2.05, 4.69) is 0 Å². The SMILES string of the molecule is COc1cc(C2Oc3ccc4ccc(=O)oc4c3OC2(O)[C@@H]2Oc3ccc4ccc(=O)oc4c3O2)cc(OC)c1O. The lowest BCUT2D eigenvalue weighted by Gasteiger charge is -2.42. The Balaban J connectivity index is 1.41. The number of aliphatic hydroxyl groups is 1. The molecule has 0 aliphatic carbocycles. The van der Waals surface area contributed by atoms with Gasteiger partial charge in [-0.1, -0.05) is 0 Å². The summed E-state index contributed by atoms with van der Waals surface area (Å²) >= 11 is 0. The fourth-order valence-electron chi connectivity index (χ4n) is 4.96. The Morgan fingerprint density at radius 2 is 1.27 bits per heavy atom. The van der Waals surface area contributed by atoms with Gasteiger partial charge in [-0.3, -0.25) is 0 Å². The van der Waals surface area contributed by atoms with Crippen LogP contribution in [0, 0.1) is 0 Å². The van der Waals surface area contributed by atoms with Gasteiger partial charge in [-0.25, -0.2) is 9.59 Å². The highest BCUT2D eigenvalue weighted by molar-refractivity contribution is 5.86. The van der Waals surface area contributed by atoms with E-state index in [1.165, 1.54) is 44.6 Å². The minimum absolute atomic E-state index is 0.0275. The molecular formula is C29H20O12. The van der Waals surface area contributed by atoms with Crippen molar-refractivity contribution in [2.45, 2.75) is 18.2 Å². The molecule has 2 aliphatic heterocycles. The Bertz CT molecular complexity index is 1950. The van der Waals surface area contributed by atoms with Gasteiger partial charge in [0.15, 0.2) is 40.3 Å². The number of aromatic hydroxyl groups is 1. The predicted molar refractivity (Wildman–Crippen MR) is 140 cm³/mol. The highest BCUT2D eigenvalue weighted by Crippen LogP contribution is 2.53. The molecule has 5 aromatic rings. The van der Waals surface area contributed by atoms with Crippen molar-refractivity contribution in [3.05, 3.63) is 87.1 Å². The molecule has 12 heteroatoms. The summed E-state index contributed by atoms with van der Waals surface area (Å²) in [6.45, 7) is 0. The number of methoxy groups -OCH3 is 2. The zero-order valence-corrected chi connectivity index (χ0v) is 21.4. The zero-order valence-electron chi connectivity index (χ0n) is 21.4. The number of phenolic OH excluding ortho intramolecular Hbond substituents is 1. The number of hydrogen-bond acceptors (Lipinski definition) is 12. The third kappa shape index (κ3) is 3.72. The van der Waals surface area contributed by atoms with Crippen LogP contribution in [0.4, 0.5) is 0 Å². The molecule has 3 aromatic carbocycles. The average molecular weight is 560 g/mol. The molecule has 3 atom stereocenters. The molecule has 4 heterocycles. The first-order valence-corrected chi connectivity index (χ1v) is 12.3. The summed E-state index contributed by atoms with van der Waals surface area (Å²) in [5, 5.41) is 23.8. The van der Waals surface area contributed by atoms with Crippen molar-refractivity contribution in [1.82, 2.24) is 0 Å². The molecule has 0 amide bonds. The van der Waals surface area contributed by atoms with Crippen molar-refractivity contribution < 1.29 is 47.5 Å². The van der Waals surface area contributed by atoms with E-state index < -0.39 is 29.4 Å². The Morgan fingerprint density at radius 3 is 1.85 bits per heavy atom. The quantitative estimate of drug-likeness (QED) is 0.308. The molecule has 41 heavy (non-hydrogen) atoms. The van der Waals surface area contributed by atoms with Gasteiger partial charge in [0.25, 0.3) is 0 Å². The van der Waals surface area contributed by atoms with E-state index in [1.807, 2.05) is 0 Å². The first-order valence-electron chi connectivity index (χ1n) is 12.3. The van der Waals surface area contributed by atoms with Crippen LogP contribution in [-0.4, -0.2) is 36.5 Å². The third-order valence-electron chi connectivity index (χ3n) is 6.90. The summed E-state index contributed by atoms with van der Waals surface area (Å²) in [7, 11) is 2.70. The molecule has 7 rings (SSSR count). The standard InChI is InChI=1S/C29H20O12/c1-34-18-11-15(12-19(35-2)22(18)32)27-29(33,41-26-17(36-27)8-4-14-6-10-21(31)39-24(14)26)28-37-16-7-3-13-5-9-20(30)38-23(13)25(16)40-28/h3-12,27-28,32-33H,1-2H3/t27?,28-,29?/m1/s1. The van der Waals surface area contributed by atoms with Gasteiger partial charge >= 0.3 is 23.3 Å². The number of fused-ring (bicyclic) bond motifs is 6. The summed E-state index contributed by atoms with van der Waals surface area (Å²) in [6.07, 6.45) is -2.98. The van der Waals surface area contributed by atoms with Gasteiger partial charge in [-0.2, -0.15) is 0 Å². The molecule has 0 radical (unpaired) electrons. The lowest BCUT2D eigenvalue weighted by molar-refractivity contribution is -0.293. The van der Waals surface area contributed by atoms with Crippen LogP contribution in [0.5, 0.6) is 40.2 Å². The Kier molecular flexibility index (Phi) is 5.31. The van der Waals surface area contributed by atoms with E-state index in [9.17, 15) is 19.8 Å². The van der Waals surface area contributed by atoms with Gasteiger partial charge in [0.1, 0.15) is 0 Å². The average Bonchev–Trinajstić information content (AvgIpc) is 3.43. The van der Waals surface area contributed by atoms with Crippen LogP contribution in [0.2, 0.25) is 0 Å². The highest BCUT2D eigenvalue weighted by Gasteiger charge is 2.59. The second kappa shape index (κ2) is 8.83. The number of phenols is 1. The molecule has 0 saturated heterocycles. The molecule has 2 aliphatic rings. The molecule has 0 fully saturated rings. The van der Waals surface area contributed by atoms with E-state index in [-0.39, 0.29) is 57.0 Å². The zero-order chi connectivity index (χ0) is 28.5. The van der Waals surface area contributed by atoms with E-state index >= 15 is 0 Å². The predicted octanol–water partition coefficient (Wildman–Crippen LogP) is 3.62. The molecule has 208 valence electrons. The first kappa shape index (κ1) is 24.7. The summed E-state index contributed by atoms with van der Waals surface area (Å²) < 4.78 is 45.9. The normalized spacial score (nSPS) is 20.8. The smallest absolute Gasteiger partial charge is 0.336 e. The number of rotatable bonds is 4. The van der Waals surface area contributed by atoms with E-state index in [0.717, 1.165) is 0 Å². The molecular weight excluding hydrogens is 540 g/mol. The third-order valence-corrected chi connectivity index (χ3v) is 6.90. The molecule has 0 spiro atoms. The topological polar surface area (TPSA) is 156 Å². The minimum Gasteiger partial charge on any atom is -0.502 e. The van der Waals surface area contributed by atoms with Crippen molar-refractivity contribution in [3.63, 3.8) is 0 Å². The fourth-order valence-corrected chi connectivity index (χ4v) is 4.96. The second-order valence-corrected chi connectivity index (χ2v) is 9.32. The van der Waals surface area contributed by atoms with Gasteiger partial charge in [0, 0.05) is 28.5 Å². The van der Waals surface area contributed by atoms with Crippen molar-refractivity contribution in [3.8, 4) is 40.2 Å². The molecule has 12 nitrogen and oxygen atoms in total. The summed E-state index contributed by atoms with van der Waals surface area (Å²) in [4.78, 5) is 24.1. The Morgan fingerprint density at radius 1 is 0.732 bits per heavy atom. The van der Waals surface area contributed by atoms with Crippen LogP contribution in [-0.2, 0) is 0 Å². The van der Waals surface area contributed by atoms with Crippen molar-refractivity contribution in [2.24, 2.45) is 0 Å². The van der Waals surface area contributed by atoms with Crippen LogP contribution < -0.4 is 39.7 Å². The maximum Gasteiger partial charge on any atom is 0.336 e. The van der Waals surface area contributed by atoms with Crippen molar-refractivity contribution in [1.29, 1.82) is 0 Å². The minimum atomic E-state index is -2.47. The Hall–Kier alpha value is -5.36. The molecule has 2 unspecified atom stereocenters. The van der Waals surface area contributed by atoms with Gasteiger partial charge in [0.05, 0.1) is 14.2 Å². The maximum absolute atomic E-state index is 12.3. The van der Waals surface area contributed by atoms with Gasteiger partial charge in [-0.05, 0) is 48.5 Å². The monoisotopic (exact) mass is 560 g/mol. The second-order valence-electron chi connectivity index (χ2n) is 9.32. The largest absolute Gasteiger partial charge is 0.502 e. The molecule has 0 bridgehead atoms. The van der Waals surface area contributed by atoms with Crippen LogP contribution in [0.25, 0.3) is 21.9 Å². The van der Waals surface area contributed by atoms with Crippen molar-refractivity contribution >= 4 is 21.9 Å². The van der Waals surface area contributed by atoms with Crippen LogP contribution in [0.15, 0.2) is 79.1 Å². The lowest BCUT2D eigenvalue weighted by atomic mass is 9.97. The summed E-state index contributed by atoms with van der Waals surface area (Å²) in [5.41, 5.74) is -0.862. The number of ether oxygens (including phenoxy) is 6. The van der Waals surface area contributed by atoms with Crippen LogP contribution in [0.3, 0.4) is 0 Å². The van der Waals surface area contributed by atoms with Gasteiger partial charge in [0.2, 0.25) is 17.2 Å². The van der Waals surface area contributed by atoms with Gasteiger partial charge in [-0.15, -0.1) is 0 Å². The lowest BCUT2D eigenvalue weighted by Crippen LogP contribution is -2.59. The molecule has 2 N–H and O–H groups in total. The van der Waals surface area contributed by atoms with Crippen molar-refractivity contribution in [2.75, 3.05) is 14.2 Å². The van der Waals surface area contributed by atoms with E-state index in [0.29, 0.717) is 10.8 Å². The summed E-state index contributed by atoms with van der Waals surface area (Å²) in [6, 6.07) is 15.0. The van der Waals surface area contributed by atoms with E-state index in [1.54, 1.807) is 30.3 Å². The number of hydrogen-bond donors (Lipinski definition) is 2. The van der Waals surface area contributed by atoms with Crippen LogP contribution in [0.1, 0.15) is 11.7 Å². The van der Waals surface area contributed by atoms with Gasteiger partial charge < -0.3 is 47.5 Å². The maximum atomic E-state index is 12.3. The highest BCUT2D eigenvalue weighted by atomic mass is 16.8. The number of benzene rings is 3. The molecule has 0 saturated carbocycles. The Labute approximate surface area is 229 Å². The fraction of sp³-hybridized carbons (Fsp3) is 0.172. The summed E-state index contributed by atoms with van der Waals surface area (Å²) in [5.74, 6) is -2.37.